The predicted molar refractivity (Wildman–Crippen MR) is 70.9 cm³/mol. The molecule has 0 aliphatic carbocycles. The molecule has 0 bridgehead atoms. The minimum absolute atomic E-state index is 0.0985. The lowest BCUT2D eigenvalue weighted by Gasteiger charge is -2.04. The van der Waals surface area contributed by atoms with E-state index in [9.17, 15) is 25.1 Å². The van der Waals surface area contributed by atoms with Gasteiger partial charge in [0, 0.05) is 18.1 Å². The van der Waals surface area contributed by atoms with Gasteiger partial charge in [0.2, 0.25) is 5.75 Å². The van der Waals surface area contributed by atoms with E-state index in [1.54, 1.807) is 30.3 Å². The second-order valence-corrected chi connectivity index (χ2v) is 4.21. The molecule has 20 heavy (non-hydrogen) atoms. The van der Waals surface area contributed by atoms with Gasteiger partial charge in [0.05, 0.1) is 4.92 Å². The average molecular weight is 273 g/mol. The standard InChI is InChI=1S/C14H11NO5/c16-12(10-4-2-1-3-5-10)7-9-6-11(15(19)20)14(18)13(17)8-9/h1-6,8,17-18H,7H2. The zero-order valence-corrected chi connectivity index (χ0v) is 10.3. The van der Waals surface area contributed by atoms with Crippen LogP contribution in [0.15, 0.2) is 42.5 Å². The monoisotopic (exact) mass is 273 g/mol. The Hall–Kier alpha value is -2.89. The number of hydrogen-bond donors (Lipinski definition) is 2. The molecule has 2 N–H and O–H groups in total. The van der Waals surface area contributed by atoms with Crippen molar-refractivity contribution in [2.24, 2.45) is 0 Å². The Kier molecular flexibility index (Phi) is 3.65. The number of Topliss-reactive ketones (excluding diaryl/α,β-unsaturated/α-hetero) is 1. The number of phenols is 2. The highest BCUT2D eigenvalue weighted by atomic mass is 16.6. The maximum Gasteiger partial charge on any atom is 0.314 e. The molecular formula is C14H11NO5. The molecule has 0 aliphatic heterocycles. The average Bonchev–Trinajstić information content (AvgIpc) is 2.43. The largest absolute Gasteiger partial charge is 0.504 e. The summed E-state index contributed by atoms with van der Waals surface area (Å²) in [6, 6.07) is 10.7. The van der Waals surface area contributed by atoms with Crippen LogP contribution < -0.4 is 0 Å². The normalized spacial score (nSPS) is 10.2. The summed E-state index contributed by atoms with van der Waals surface area (Å²) >= 11 is 0. The fraction of sp³-hybridized carbons (Fsp3) is 0.0714. The SMILES string of the molecule is O=C(Cc1cc(O)c(O)c([N+](=O)[O-])c1)c1ccccc1. The van der Waals surface area contributed by atoms with Crippen molar-refractivity contribution in [1.29, 1.82) is 0 Å². The van der Waals surface area contributed by atoms with Gasteiger partial charge in [0.25, 0.3) is 0 Å². The summed E-state index contributed by atoms with van der Waals surface area (Å²) in [4.78, 5) is 21.9. The lowest BCUT2D eigenvalue weighted by Crippen LogP contribution is -2.03. The van der Waals surface area contributed by atoms with Crippen molar-refractivity contribution in [2.75, 3.05) is 0 Å². The van der Waals surface area contributed by atoms with Crippen molar-refractivity contribution in [3.05, 3.63) is 63.7 Å². The van der Waals surface area contributed by atoms with Gasteiger partial charge in [-0.25, -0.2) is 0 Å². The molecular weight excluding hydrogens is 262 g/mol. The van der Waals surface area contributed by atoms with Crippen LogP contribution in [0.1, 0.15) is 15.9 Å². The van der Waals surface area contributed by atoms with E-state index in [1.165, 1.54) is 0 Å². The fourth-order valence-corrected chi connectivity index (χ4v) is 1.81. The molecule has 0 aliphatic rings. The van der Waals surface area contributed by atoms with Crippen molar-refractivity contribution in [3.8, 4) is 11.5 Å². The first-order chi connectivity index (χ1) is 9.49. The van der Waals surface area contributed by atoms with Gasteiger partial charge < -0.3 is 10.2 Å². The second kappa shape index (κ2) is 5.40. The summed E-state index contributed by atoms with van der Waals surface area (Å²) in [5.41, 5.74) is 0.115. The maximum absolute atomic E-state index is 12.0. The molecule has 0 atom stereocenters. The molecule has 0 saturated carbocycles. The third-order valence-electron chi connectivity index (χ3n) is 2.79. The molecule has 0 spiro atoms. The van der Waals surface area contributed by atoms with Crippen LogP contribution in [0.5, 0.6) is 11.5 Å². The smallest absolute Gasteiger partial charge is 0.314 e. The molecule has 102 valence electrons. The molecule has 0 amide bonds. The maximum atomic E-state index is 12.0. The van der Waals surface area contributed by atoms with Gasteiger partial charge in [-0.3, -0.25) is 14.9 Å². The number of benzene rings is 2. The molecule has 2 aromatic rings. The molecule has 0 unspecified atom stereocenters. The topological polar surface area (TPSA) is 101 Å². The highest BCUT2D eigenvalue weighted by Gasteiger charge is 2.20. The molecule has 0 aromatic heterocycles. The number of carbonyl (C=O) groups excluding carboxylic acids is 1. The van der Waals surface area contributed by atoms with E-state index in [1.807, 2.05) is 0 Å². The van der Waals surface area contributed by atoms with E-state index in [-0.39, 0.29) is 17.8 Å². The van der Waals surface area contributed by atoms with E-state index < -0.39 is 22.1 Å². The molecule has 0 radical (unpaired) electrons. The first kappa shape index (κ1) is 13.5. The zero-order valence-electron chi connectivity index (χ0n) is 10.3. The quantitative estimate of drug-likeness (QED) is 0.385. The van der Waals surface area contributed by atoms with Crippen molar-refractivity contribution in [3.63, 3.8) is 0 Å². The Balaban J connectivity index is 2.31. The lowest BCUT2D eigenvalue weighted by molar-refractivity contribution is -0.386. The Labute approximate surface area is 114 Å². The highest BCUT2D eigenvalue weighted by molar-refractivity contribution is 5.97. The van der Waals surface area contributed by atoms with Crippen LogP contribution in [-0.2, 0) is 6.42 Å². The summed E-state index contributed by atoms with van der Waals surface area (Å²) in [6.45, 7) is 0. The first-order valence-electron chi connectivity index (χ1n) is 5.76. The van der Waals surface area contributed by atoms with Gasteiger partial charge in [-0.2, -0.15) is 0 Å². The number of nitro benzene ring substituents is 1. The van der Waals surface area contributed by atoms with Crippen LogP contribution in [0.3, 0.4) is 0 Å². The Morgan fingerprint density at radius 3 is 2.40 bits per heavy atom. The van der Waals surface area contributed by atoms with Gasteiger partial charge in [-0.15, -0.1) is 0 Å². The van der Waals surface area contributed by atoms with Crippen LogP contribution in [0.4, 0.5) is 5.69 Å². The second-order valence-electron chi connectivity index (χ2n) is 4.21. The van der Waals surface area contributed by atoms with Gasteiger partial charge in [-0.1, -0.05) is 30.3 Å². The van der Waals surface area contributed by atoms with E-state index in [2.05, 4.69) is 0 Å². The minimum atomic E-state index is -0.814. The highest BCUT2D eigenvalue weighted by Crippen LogP contribution is 2.36. The Morgan fingerprint density at radius 1 is 1.15 bits per heavy atom. The van der Waals surface area contributed by atoms with Crippen LogP contribution in [0.2, 0.25) is 0 Å². The molecule has 0 saturated heterocycles. The number of nitro groups is 1. The first-order valence-corrected chi connectivity index (χ1v) is 5.76. The van der Waals surface area contributed by atoms with Crippen LogP contribution in [0.25, 0.3) is 0 Å². The summed E-state index contributed by atoms with van der Waals surface area (Å²) in [5.74, 6) is -1.65. The Bertz CT molecular complexity index is 667. The number of nitrogens with zero attached hydrogens (tertiary/aromatic N) is 1. The number of phenolic OH excluding ortho intramolecular Hbond substituents is 2. The van der Waals surface area contributed by atoms with Crippen molar-refractivity contribution in [1.82, 2.24) is 0 Å². The van der Waals surface area contributed by atoms with Crippen molar-refractivity contribution >= 4 is 11.5 Å². The third-order valence-corrected chi connectivity index (χ3v) is 2.79. The Morgan fingerprint density at radius 2 is 1.80 bits per heavy atom. The summed E-state index contributed by atoms with van der Waals surface area (Å²) in [6.07, 6.45) is -0.0985. The van der Waals surface area contributed by atoms with E-state index in [0.29, 0.717) is 5.56 Å². The molecule has 6 heteroatoms. The van der Waals surface area contributed by atoms with Crippen molar-refractivity contribution < 1.29 is 19.9 Å². The minimum Gasteiger partial charge on any atom is -0.504 e. The number of hydrogen-bond acceptors (Lipinski definition) is 5. The van der Waals surface area contributed by atoms with E-state index in [0.717, 1.165) is 12.1 Å². The number of ketones is 1. The van der Waals surface area contributed by atoms with Gasteiger partial charge in [-0.05, 0) is 11.6 Å². The summed E-state index contributed by atoms with van der Waals surface area (Å²) in [7, 11) is 0. The molecule has 0 heterocycles. The zero-order chi connectivity index (χ0) is 14.7. The van der Waals surface area contributed by atoms with Crippen LogP contribution in [0, 0.1) is 10.1 Å². The summed E-state index contributed by atoms with van der Waals surface area (Å²) < 4.78 is 0. The van der Waals surface area contributed by atoms with E-state index >= 15 is 0 Å². The molecule has 2 aromatic carbocycles. The molecule has 6 nitrogen and oxygen atoms in total. The van der Waals surface area contributed by atoms with Gasteiger partial charge >= 0.3 is 5.69 Å². The number of carbonyl (C=O) groups is 1. The van der Waals surface area contributed by atoms with E-state index in [4.69, 9.17) is 0 Å². The van der Waals surface area contributed by atoms with Gasteiger partial charge in [0.15, 0.2) is 11.5 Å². The number of rotatable bonds is 4. The number of aromatic hydroxyl groups is 2. The third kappa shape index (κ3) is 2.74. The fourth-order valence-electron chi connectivity index (χ4n) is 1.81. The van der Waals surface area contributed by atoms with Crippen LogP contribution >= 0.6 is 0 Å². The van der Waals surface area contributed by atoms with Crippen molar-refractivity contribution in [2.45, 2.75) is 6.42 Å². The summed E-state index contributed by atoms with van der Waals surface area (Å²) in [5, 5.41) is 29.5. The molecule has 0 fully saturated rings. The molecule has 2 rings (SSSR count). The predicted octanol–water partition coefficient (Wildman–Crippen LogP) is 2.43. The van der Waals surface area contributed by atoms with Gasteiger partial charge in [0.1, 0.15) is 0 Å². The van der Waals surface area contributed by atoms with Crippen LogP contribution in [-0.4, -0.2) is 20.9 Å². The lowest BCUT2D eigenvalue weighted by atomic mass is 10.0.